The lowest BCUT2D eigenvalue weighted by Gasteiger charge is -2.14. The second-order valence-electron chi connectivity index (χ2n) is 4.09. The van der Waals surface area contributed by atoms with E-state index in [2.05, 4.69) is 9.97 Å². The Labute approximate surface area is 82.4 Å². The van der Waals surface area contributed by atoms with Gasteiger partial charge in [-0.2, -0.15) is 0 Å². The number of aliphatic hydroxyl groups excluding tert-OH is 1. The molecule has 4 heteroatoms. The zero-order chi connectivity index (χ0) is 10.3. The topological polar surface area (TPSA) is 66.0 Å². The molecule has 1 heterocycles. The summed E-state index contributed by atoms with van der Waals surface area (Å²) in [5, 5.41) is 9.41. The SMILES string of the molecule is CC(C)c1nc2c([nH]1)CC(O)CC2=O. The van der Waals surface area contributed by atoms with Crippen LogP contribution >= 0.6 is 0 Å². The maximum Gasteiger partial charge on any atom is 0.185 e. The number of aromatic nitrogens is 2. The smallest absolute Gasteiger partial charge is 0.185 e. The zero-order valence-electron chi connectivity index (χ0n) is 8.37. The van der Waals surface area contributed by atoms with Crippen LogP contribution in [0, 0.1) is 0 Å². The highest BCUT2D eigenvalue weighted by molar-refractivity contribution is 5.96. The van der Waals surface area contributed by atoms with Crippen molar-refractivity contribution < 1.29 is 9.90 Å². The van der Waals surface area contributed by atoms with Crippen LogP contribution in [0.15, 0.2) is 0 Å². The van der Waals surface area contributed by atoms with Crippen molar-refractivity contribution in [2.75, 3.05) is 0 Å². The first-order chi connectivity index (χ1) is 6.58. The Morgan fingerprint density at radius 1 is 1.50 bits per heavy atom. The maximum absolute atomic E-state index is 11.5. The lowest BCUT2D eigenvalue weighted by molar-refractivity contribution is 0.0846. The number of nitrogens with zero attached hydrogens (tertiary/aromatic N) is 1. The number of H-pyrrole nitrogens is 1. The van der Waals surface area contributed by atoms with Gasteiger partial charge < -0.3 is 10.1 Å². The van der Waals surface area contributed by atoms with Crippen molar-refractivity contribution in [1.29, 1.82) is 0 Å². The summed E-state index contributed by atoms with van der Waals surface area (Å²) in [6, 6.07) is 0. The van der Waals surface area contributed by atoms with Crippen molar-refractivity contribution in [3.05, 3.63) is 17.2 Å². The number of fused-ring (bicyclic) bond motifs is 1. The summed E-state index contributed by atoms with van der Waals surface area (Å²) in [6.07, 6.45) is 0.173. The van der Waals surface area contributed by atoms with Crippen LogP contribution in [0.4, 0.5) is 0 Å². The van der Waals surface area contributed by atoms with Gasteiger partial charge in [0.25, 0.3) is 0 Å². The van der Waals surface area contributed by atoms with Crippen LogP contribution in [0.3, 0.4) is 0 Å². The van der Waals surface area contributed by atoms with Gasteiger partial charge >= 0.3 is 0 Å². The Hall–Kier alpha value is -1.16. The van der Waals surface area contributed by atoms with E-state index >= 15 is 0 Å². The lowest BCUT2D eigenvalue weighted by atomic mass is 9.97. The molecule has 1 atom stereocenters. The summed E-state index contributed by atoms with van der Waals surface area (Å²) in [6.45, 7) is 4.04. The van der Waals surface area contributed by atoms with E-state index in [-0.39, 0.29) is 18.1 Å². The van der Waals surface area contributed by atoms with Gasteiger partial charge in [-0.25, -0.2) is 4.98 Å². The van der Waals surface area contributed by atoms with Gasteiger partial charge in [0.2, 0.25) is 0 Å². The quantitative estimate of drug-likeness (QED) is 0.701. The molecule has 0 radical (unpaired) electrons. The van der Waals surface area contributed by atoms with E-state index in [1.165, 1.54) is 0 Å². The fourth-order valence-corrected chi connectivity index (χ4v) is 1.70. The fraction of sp³-hybridized carbons (Fsp3) is 0.600. The van der Waals surface area contributed by atoms with Crippen LogP contribution in [0.25, 0.3) is 0 Å². The number of aromatic amines is 1. The van der Waals surface area contributed by atoms with E-state index in [0.717, 1.165) is 11.5 Å². The molecule has 0 saturated heterocycles. The molecule has 0 spiro atoms. The van der Waals surface area contributed by atoms with Crippen LogP contribution in [-0.4, -0.2) is 27.0 Å². The van der Waals surface area contributed by atoms with Crippen LogP contribution in [0.2, 0.25) is 0 Å². The van der Waals surface area contributed by atoms with E-state index < -0.39 is 6.10 Å². The Balaban J connectivity index is 2.40. The highest BCUT2D eigenvalue weighted by atomic mass is 16.3. The summed E-state index contributed by atoms with van der Waals surface area (Å²) in [7, 11) is 0. The lowest BCUT2D eigenvalue weighted by Crippen LogP contribution is -2.23. The minimum absolute atomic E-state index is 0.0538. The van der Waals surface area contributed by atoms with Crippen molar-refractivity contribution in [3.8, 4) is 0 Å². The summed E-state index contributed by atoms with van der Waals surface area (Å²) < 4.78 is 0. The maximum atomic E-state index is 11.5. The first-order valence-corrected chi connectivity index (χ1v) is 4.88. The van der Waals surface area contributed by atoms with Crippen LogP contribution in [-0.2, 0) is 6.42 Å². The average molecular weight is 194 g/mol. The Morgan fingerprint density at radius 2 is 2.21 bits per heavy atom. The summed E-state index contributed by atoms with van der Waals surface area (Å²) in [5.74, 6) is 1.06. The number of hydrogen-bond acceptors (Lipinski definition) is 3. The number of carbonyl (C=O) groups excluding carboxylic acids is 1. The van der Waals surface area contributed by atoms with Crippen LogP contribution in [0.5, 0.6) is 0 Å². The highest BCUT2D eigenvalue weighted by Crippen LogP contribution is 2.22. The number of rotatable bonds is 1. The Morgan fingerprint density at radius 3 is 2.86 bits per heavy atom. The normalized spacial score (nSPS) is 21.4. The average Bonchev–Trinajstić information content (AvgIpc) is 2.47. The predicted molar refractivity (Wildman–Crippen MR) is 51.3 cm³/mol. The van der Waals surface area contributed by atoms with Gasteiger partial charge in [0.05, 0.1) is 6.10 Å². The molecule has 0 saturated carbocycles. The summed E-state index contributed by atoms with van der Waals surface area (Å²) in [4.78, 5) is 18.8. The third-order valence-electron chi connectivity index (χ3n) is 2.47. The number of carbonyl (C=O) groups is 1. The standard InChI is InChI=1S/C10H14N2O2/c1-5(2)10-11-7-3-6(13)4-8(14)9(7)12-10/h5-6,13H,3-4H2,1-2H3,(H,11,12). The van der Waals surface area contributed by atoms with Crippen molar-refractivity contribution >= 4 is 5.78 Å². The first-order valence-electron chi connectivity index (χ1n) is 4.88. The fourth-order valence-electron chi connectivity index (χ4n) is 1.70. The second-order valence-corrected chi connectivity index (χ2v) is 4.09. The molecule has 0 aromatic carbocycles. The molecular weight excluding hydrogens is 180 g/mol. The molecule has 0 amide bonds. The molecule has 14 heavy (non-hydrogen) atoms. The molecule has 0 fully saturated rings. The van der Waals surface area contributed by atoms with E-state index in [0.29, 0.717) is 12.1 Å². The van der Waals surface area contributed by atoms with Crippen molar-refractivity contribution in [1.82, 2.24) is 9.97 Å². The Bertz CT molecular complexity index is 368. The third kappa shape index (κ3) is 1.46. The second kappa shape index (κ2) is 3.20. The summed E-state index contributed by atoms with van der Waals surface area (Å²) >= 11 is 0. The van der Waals surface area contributed by atoms with Gasteiger partial charge in [0, 0.05) is 24.5 Å². The molecule has 1 aromatic rings. The number of ketones is 1. The number of hydrogen-bond donors (Lipinski definition) is 2. The van der Waals surface area contributed by atoms with Gasteiger partial charge in [-0.05, 0) is 0 Å². The first kappa shape index (κ1) is 9.40. The molecule has 0 aliphatic heterocycles. The number of Topliss-reactive ketones (excluding diaryl/α,β-unsaturated/α-hetero) is 1. The van der Waals surface area contributed by atoms with Gasteiger partial charge in [0.1, 0.15) is 11.5 Å². The molecule has 1 aliphatic rings. The monoisotopic (exact) mass is 194 g/mol. The van der Waals surface area contributed by atoms with Crippen molar-refractivity contribution in [3.63, 3.8) is 0 Å². The van der Waals surface area contributed by atoms with Gasteiger partial charge in [0.15, 0.2) is 5.78 Å². The van der Waals surface area contributed by atoms with Gasteiger partial charge in [-0.3, -0.25) is 4.79 Å². The minimum atomic E-state index is -0.546. The van der Waals surface area contributed by atoms with Gasteiger partial charge in [-0.15, -0.1) is 0 Å². The van der Waals surface area contributed by atoms with E-state index in [1.807, 2.05) is 13.8 Å². The van der Waals surface area contributed by atoms with E-state index in [4.69, 9.17) is 0 Å². The molecule has 2 rings (SSSR count). The minimum Gasteiger partial charge on any atom is -0.392 e. The molecule has 76 valence electrons. The largest absolute Gasteiger partial charge is 0.392 e. The molecule has 0 bridgehead atoms. The number of imidazole rings is 1. The van der Waals surface area contributed by atoms with E-state index in [1.54, 1.807) is 0 Å². The zero-order valence-corrected chi connectivity index (χ0v) is 8.37. The molecule has 1 aliphatic carbocycles. The number of aliphatic hydroxyl groups is 1. The van der Waals surface area contributed by atoms with Crippen molar-refractivity contribution in [2.45, 2.75) is 38.7 Å². The third-order valence-corrected chi connectivity index (χ3v) is 2.47. The summed E-state index contributed by atoms with van der Waals surface area (Å²) in [5.41, 5.74) is 1.32. The molecule has 2 N–H and O–H groups in total. The predicted octanol–water partition coefficient (Wildman–Crippen LogP) is 1.02. The van der Waals surface area contributed by atoms with Crippen LogP contribution < -0.4 is 0 Å². The molecule has 1 unspecified atom stereocenters. The molecule has 1 aromatic heterocycles. The van der Waals surface area contributed by atoms with Gasteiger partial charge in [-0.1, -0.05) is 13.8 Å². The molecular formula is C10H14N2O2. The van der Waals surface area contributed by atoms with E-state index in [9.17, 15) is 9.90 Å². The highest BCUT2D eigenvalue weighted by Gasteiger charge is 2.27. The molecule has 4 nitrogen and oxygen atoms in total. The van der Waals surface area contributed by atoms with Crippen molar-refractivity contribution in [2.24, 2.45) is 0 Å². The van der Waals surface area contributed by atoms with Crippen LogP contribution in [0.1, 0.15) is 48.2 Å². The number of nitrogens with one attached hydrogen (secondary N) is 1. The Kier molecular flexibility index (Phi) is 2.15.